The molecular formula is C19H30O2. The number of benzene rings is 1. The molecule has 0 fully saturated rings. The summed E-state index contributed by atoms with van der Waals surface area (Å²) in [6.45, 7) is 13.1. The molecule has 0 aliphatic carbocycles. The second-order valence-electron chi connectivity index (χ2n) is 8.02. The van der Waals surface area contributed by atoms with Gasteiger partial charge < -0.3 is 4.74 Å². The fourth-order valence-corrected chi connectivity index (χ4v) is 1.88. The lowest BCUT2D eigenvalue weighted by atomic mass is 9.87. The molecule has 2 nitrogen and oxygen atoms in total. The van der Waals surface area contributed by atoms with E-state index in [2.05, 4.69) is 32.9 Å². The minimum absolute atomic E-state index is 0.173. The molecule has 1 rings (SSSR count). The van der Waals surface area contributed by atoms with Gasteiger partial charge in [0.2, 0.25) is 0 Å². The van der Waals surface area contributed by atoms with Gasteiger partial charge >= 0.3 is 0 Å². The van der Waals surface area contributed by atoms with Gasteiger partial charge in [0.05, 0.1) is 6.61 Å². The van der Waals surface area contributed by atoms with Crippen LogP contribution in [0.15, 0.2) is 24.3 Å². The summed E-state index contributed by atoms with van der Waals surface area (Å²) in [5.41, 5.74) is 1.22. The van der Waals surface area contributed by atoms with Gasteiger partial charge in [-0.1, -0.05) is 53.7 Å². The van der Waals surface area contributed by atoms with Gasteiger partial charge in [-0.2, -0.15) is 0 Å². The number of carbonyl (C=O) groups excluding carboxylic acids is 1. The second kappa shape index (κ2) is 7.11. The molecule has 0 N–H and O–H groups in total. The first-order chi connectivity index (χ1) is 9.58. The number of Topliss-reactive ketones (excluding diaryl/α,β-unsaturated/α-hetero) is 1. The lowest BCUT2D eigenvalue weighted by Crippen LogP contribution is -2.19. The van der Waals surface area contributed by atoms with Crippen LogP contribution in [0.3, 0.4) is 0 Å². The fourth-order valence-electron chi connectivity index (χ4n) is 1.88. The zero-order valence-electron chi connectivity index (χ0n) is 14.5. The molecular weight excluding hydrogens is 260 g/mol. The van der Waals surface area contributed by atoms with E-state index in [1.54, 1.807) is 0 Å². The van der Waals surface area contributed by atoms with Gasteiger partial charge in [-0.15, -0.1) is 0 Å². The standard InChI is InChI=1S/C19H30O2/c1-18(2,3)14-21-16-12-10-15(11-13-16)8-7-9-17(20)19(4,5)6/h10-13H,7-9,14H2,1-6H3. The Bertz CT molecular complexity index is 444. The molecule has 0 saturated carbocycles. The van der Waals surface area contributed by atoms with Crippen molar-refractivity contribution in [3.8, 4) is 5.75 Å². The summed E-state index contributed by atoms with van der Waals surface area (Å²) >= 11 is 0. The molecule has 0 spiro atoms. The zero-order chi connectivity index (χ0) is 16.1. The SMILES string of the molecule is CC(C)(C)COc1ccc(CCCC(=O)C(C)(C)C)cc1. The van der Waals surface area contributed by atoms with Crippen LogP contribution in [0.4, 0.5) is 0 Å². The lowest BCUT2D eigenvalue weighted by molar-refractivity contribution is -0.126. The summed E-state index contributed by atoms with van der Waals surface area (Å²) in [4.78, 5) is 11.9. The summed E-state index contributed by atoms with van der Waals surface area (Å²) in [6.07, 6.45) is 2.52. The van der Waals surface area contributed by atoms with Crippen LogP contribution in [0.2, 0.25) is 0 Å². The Balaban J connectivity index is 2.40. The van der Waals surface area contributed by atoms with Crippen LogP contribution in [0.5, 0.6) is 5.75 Å². The van der Waals surface area contributed by atoms with Gasteiger partial charge in [0, 0.05) is 11.8 Å². The summed E-state index contributed by atoms with van der Waals surface area (Å²) in [6, 6.07) is 8.23. The van der Waals surface area contributed by atoms with E-state index in [1.165, 1.54) is 5.56 Å². The van der Waals surface area contributed by atoms with E-state index in [-0.39, 0.29) is 10.8 Å². The van der Waals surface area contributed by atoms with E-state index in [4.69, 9.17) is 4.74 Å². The Hall–Kier alpha value is -1.31. The minimum atomic E-state index is -0.218. The Morgan fingerprint density at radius 2 is 1.57 bits per heavy atom. The van der Waals surface area contributed by atoms with Crippen molar-refractivity contribution in [1.82, 2.24) is 0 Å². The van der Waals surface area contributed by atoms with Gasteiger partial charge in [0.15, 0.2) is 0 Å². The fraction of sp³-hybridized carbons (Fsp3) is 0.632. The molecule has 0 amide bonds. The summed E-state index contributed by atoms with van der Waals surface area (Å²) in [7, 11) is 0. The first-order valence-electron chi connectivity index (χ1n) is 7.83. The Morgan fingerprint density at radius 3 is 2.05 bits per heavy atom. The van der Waals surface area contributed by atoms with E-state index in [9.17, 15) is 4.79 Å². The average Bonchev–Trinajstić information content (AvgIpc) is 2.35. The molecule has 118 valence electrons. The number of ether oxygens (including phenoxy) is 1. The highest BCUT2D eigenvalue weighted by Gasteiger charge is 2.20. The number of ketones is 1. The Kier molecular flexibility index (Phi) is 6.00. The van der Waals surface area contributed by atoms with Crippen molar-refractivity contribution in [2.75, 3.05) is 6.61 Å². The van der Waals surface area contributed by atoms with Crippen LogP contribution in [0.1, 0.15) is 59.9 Å². The maximum Gasteiger partial charge on any atom is 0.138 e. The van der Waals surface area contributed by atoms with Crippen molar-refractivity contribution in [2.24, 2.45) is 10.8 Å². The van der Waals surface area contributed by atoms with Crippen molar-refractivity contribution in [3.05, 3.63) is 29.8 Å². The molecule has 1 aromatic rings. The number of hydrogen-bond donors (Lipinski definition) is 0. The number of rotatable bonds is 6. The second-order valence-corrected chi connectivity index (χ2v) is 8.02. The van der Waals surface area contributed by atoms with Gasteiger partial charge in [-0.05, 0) is 36.0 Å². The van der Waals surface area contributed by atoms with Gasteiger partial charge in [0.1, 0.15) is 11.5 Å². The van der Waals surface area contributed by atoms with Crippen LogP contribution in [0, 0.1) is 10.8 Å². The quantitative estimate of drug-likeness (QED) is 0.733. The molecule has 1 aromatic carbocycles. The predicted molar refractivity (Wildman–Crippen MR) is 88.8 cm³/mol. The zero-order valence-corrected chi connectivity index (χ0v) is 14.5. The van der Waals surface area contributed by atoms with Crippen molar-refractivity contribution < 1.29 is 9.53 Å². The first-order valence-corrected chi connectivity index (χ1v) is 7.83. The highest BCUT2D eigenvalue weighted by atomic mass is 16.5. The normalized spacial score (nSPS) is 12.3. The average molecular weight is 290 g/mol. The van der Waals surface area contributed by atoms with Crippen LogP contribution >= 0.6 is 0 Å². The monoisotopic (exact) mass is 290 g/mol. The molecule has 21 heavy (non-hydrogen) atoms. The number of carbonyl (C=O) groups is 1. The highest BCUT2D eigenvalue weighted by molar-refractivity contribution is 5.83. The maximum atomic E-state index is 11.9. The largest absolute Gasteiger partial charge is 0.493 e. The third-order valence-electron chi connectivity index (χ3n) is 3.30. The molecule has 0 unspecified atom stereocenters. The van der Waals surface area contributed by atoms with Crippen LogP contribution in [-0.4, -0.2) is 12.4 Å². The van der Waals surface area contributed by atoms with E-state index >= 15 is 0 Å². The molecule has 0 aromatic heterocycles. The van der Waals surface area contributed by atoms with E-state index in [0.29, 0.717) is 18.8 Å². The van der Waals surface area contributed by atoms with Crippen LogP contribution in [-0.2, 0) is 11.2 Å². The van der Waals surface area contributed by atoms with E-state index in [0.717, 1.165) is 18.6 Å². The Morgan fingerprint density at radius 1 is 1.00 bits per heavy atom. The smallest absolute Gasteiger partial charge is 0.138 e. The van der Waals surface area contributed by atoms with Crippen molar-refractivity contribution in [1.29, 1.82) is 0 Å². The first kappa shape index (κ1) is 17.7. The molecule has 0 aliphatic heterocycles. The molecule has 0 aliphatic rings. The molecule has 2 heteroatoms. The van der Waals surface area contributed by atoms with Gasteiger partial charge in [-0.3, -0.25) is 4.79 Å². The van der Waals surface area contributed by atoms with Crippen molar-refractivity contribution >= 4 is 5.78 Å². The number of hydrogen-bond acceptors (Lipinski definition) is 2. The maximum absolute atomic E-state index is 11.9. The summed E-state index contributed by atoms with van der Waals surface area (Å²) in [5.74, 6) is 1.26. The van der Waals surface area contributed by atoms with E-state index < -0.39 is 0 Å². The third kappa shape index (κ3) is 7.31. The van der Waals surface area contributed by atoms with Crippen molar-refractivity contribution in [3.63, 3.8) is 0 Å². The Labute approximate surface area is 129 Å². The van der Waals surface area contributed by atoms with E-state index in [1.807, 2.05) is 32.9 Å². The highest BCUT2D eigenvalue weighted by Crippen LogP contribution is 2.20. The van der Waals surface area contributed by atoms with Crippen molar-refractivity contribution in [2.45, 2.75) is 60.8 Å². The van der Waals surface area contributed by atoms with Gasteiger partial charge in [-0.25, -0.2) is 0 Å². The molecule has 0 radical (unpaired) electrons. The summed E-state index contributed by atoms with van der Waals surface area (Å²) in [5, 5.41) is 0. The van der Waals surface area contributed by atoms with Gasteiger partial charge in [0.25, 0.3) is 0 Å². The topological polar surface area (TPSA) is 26.3 Å². The molecule has 0 bridgehead atoms. The van der Waals surface area contributed by atoms with Crippen LogP contribution in [0.25, 0.3) is 0 Å². The third-order valence-corrected chi connectivity index (χ3v) is 3.30. The lowest BCUT2D eigenvalue weighted by Gasteiger charge is -2.19. The molecule has 0 heterocycles. The molecule has 0 saturated heterocycles. The summed E-state index contributed by atoms with van der Waals surface area (Å²) < 4.78 is 5.76. The predicted octanol–water partition coefficient (Wildman–Crippen LogP) is 5.05. The molecule has 0 atom stereocenters. The minimum Gasteiger partial charge on any atom is -0.493 e. The van der Waals surface area contributed by atoms with Crippen LogP contribution < -0.4 is 4.74 Å². The number of aryl methyl sites for hydroxylation is 1.